The fourth-order valence-corrected chi connectivity index (χ4v) is 2.01. The van der Waals surface area contributed by atoms with E-state index in [9.17, 15) is 9.59 Å². The van der Waals surface area contributed by atoms with Crippen LogP contribution in [0.3, 0.4) is 0 Å². The molecule has 1 unspecified atom stereocenters. The summed E-state index contributed by atoms with van der Waals surface area (Å²) in [6.07, 6.45) is 3.48. The zero-order valence-electron chi connectivity index (χ0n) is 11.2. The molecule has 0 saturated carbocycles. The van der Waals surface area contributed by atoms with Crippen LogP contribution in [-0.4, -0.2) is 37.7 Å². The van der Waals surface area contributed by atoms with Crippen molar-refractivity contribution in [3.05, 3.63) is 0 Å². The highest BCUT2D eigenvalue weighted by atomic mass is 16.6. The molecule has 1 aliphatic rings. The predicted octanol–water partition coefficient (Wildman–Crippen LogP) is 1.90. The van der Waals surface area contributed by atoms with Gasteiger partial charge in [-0.3, -0.25) is 0 Å². The van der Waals surface area contributed by atoms with Crippen LogP contribution >= 0.6 is 0 Å². The second kappa shape index (κ2) is 8.08. The summed E-state index contributed by atoms with van der Waals surface area (Å²) in [7, 11) is 0. The van der Waals surface area contributed by atoms with Gasteiger partial charge >= 0.3 is 6.09 Å². The van der Waals surface area contributed by atoms with Gasteiger partial charge in [0.05, 0.1) is 13.2 Å². The first kappa shape index (κ1) is 15.0. The smallest absolute Gasteiger partial charge is 0.407 e. The van der Waals surface area contributed by atoms with E-state index in [0.717, 1.165) is 25.5 Å². The summed E-state index contributed by atoms with van der Waals surface area (Å²) in [5.74, 6) is 0.00313. The Morgan fingerprint density at radius 1 is 1.50 bits per heavy atom. The monoisotopic (exact) mass is 257 g/mol. The Bertz CT molecular complexity index is 264. The molecule has 2 atom stereocenters. The maximum Gasteiger partial charge on any atom is 0.407 e. The lowest BCUT2D eigenvalue weighted by Crippen LogP contribution is -2.38. The van der Waals surface area contributed by atoms with Gasteiger partial charge in [-0.1, -0.05) is 6.92 Å². The number of alkyl carbamates (subject to hydrolysis) is 1. The molecule has 104 valence electrons. The number of ether oxygens (including phenoxy) is 2. The molecule has 1 saturated heterocycles. The van der Waals surface area contributed by atoms with Gasteiger partial charge in [-0.05, 0) is 19.8 Å². The van der Waals surface area contributed by atoms with Crippen molar-refractivity contribution in [2.75, 3.05) is 13.2 Å². The highest BCUT2D eigenvalue weighted by Gasteiger charge is 2.19. The van der Waals surface area contributed by atoms with Crippen molar-refractivity contribution in [3.63, 3.8) is 0 Å². The first-order valence-electron chi connectivity index (χ1n) is 6.65. The van der Waals surface area contributed by atoms with Crippen LogP contribution in [0.1, 0.15) is 39.5 Å². The number of hydrogen-bond acceptors (Lipinski definition) is 4. The van der Waals surface area contributed by atoms with Gasteiger partial charge in [-0.15, -0.1) is 0 Å². The van der Waals surface area contributed by atoms with E-state index in [0.29, 0.717) is 19.6 Å². The topological polar surface area (TPSA) is 64.6 Å². The Balaban J connectivity index is 2.23. The van der Waals surface area contributed by atoms with Crippen LogP contribution in [0, 0.1) is 5.92 Å². The summed E-state index contributed by atoms with van der Waals surface area (Å²) in [6, 6.07) is -0.0486. The lowest BCUT2D eigenvalue weighted by Gasteiger charge is -2.24. The van der Waals surface area contributed by atoms with E-state index in [-0.39, 0.29) is 18.1 Å². The Morgan fingerprint density at radius 2 is 2.17 bits per heavy atom. The zero-order chi connectivity index (χ0) is 13.4. The third-order valence-corrected chi connectivity index (χ3v) is 3.18. The van der Waals surface area contributed by atoms with Crippen LogP contribution in [0.25, 0.3) is 0 Å². The number of aldehydes is 1. The standard InChI is InChI=1S/C13H23NO4/c1-3-11(9-15)8-10(2)14-13(16)18-12-4-6-17-7-5-12/h9-12H,3-8H2,1-2H3,(H,14,16)/t10-,11?/m0/s1. The average molecular weight is 257 g/mol. The maximum absolute atomic E-state index is 11.6. The van der Waals surface area contributed by atoms with Crippen LogP contribution < -0.4 is 5.32 Å². The SMILES string of the molecule is CCC(C=O)C[C@H](C)NC(=O)OC1CCOCC1. The maximum atomic E-state index is 11.6. The van der Waals surface area contributed by atoms with Crippen LogP contribution in [0.2, 0.25) is 0 Å². The van der Waals surface area contributed by atoms with E-state index < -0.39 is 6.09 Å². The Hall–Kier alpha value is -1.10. The van der Waals surface area contributed by atoms with E-state index in [1.165, 1.54) is 0 Å². The summed E-state index contributed by atoms with van der Waals surface area (Å²) in [5.41, 5.74) is 0. The fraction of sp³-hybridized carbons (Fsp3) is 0.846. The first-order chi connectivity index (χ1) is 8.65. The van der Waals surface area contributed by atoms with Crippen LogP contribution in [-0.2, 0) is 14.3 Å². The quantitative estimate of drug-likeness (QED) is 0.738. The van der Waals surface area contributed by atoms with E-state index in [4.69, 9.17) is 9.47 Å². The third kappa shape index (κ3) is 5.49. The van der Waals surface area contributed by atoms with E-state index in [1.807, 2.05) is 13.8 Å². The minimum absolute atomic E-state index is 0.00313. The molecule has 0 bridgehead atoms. The predicted molar refractivity (Wildman–Crippen MR) is 67.4 cm³/mol. The highest BCUT2D eigenvalue weighted by molar-refractivity contribution is 5.67. The van der Waals surface area contributed by atoms with Gasteiger partial charge < -0.3 is 19.6 Å². The second-order valence-electron chi connectivity index (χ2n) is 4.80. The summed E-state index contributed by atoms with van der Waals surface area (Å²) in [4.78, 5) is 22.3. The van der Waals surface area contributed by atoms with Crippen molar-refractivity contribution in [2.45, 2.75) is 51.7 Å². The molecule has 0 aliphatic carbocycles. The van der Waals surface area contributed by atoms with Gasteiger partial charge in [0, 0.05) is 24.8 Å². The molecule has 18 heavy (non-hydrogen) atoms. The first-order valence-corrected chi connectivity index (χ1v) is 6.65. The number of rotatable bonds is 6. The van der Waals surface area contributed by atoms with Crippen LogP contribution in [0.15, 0.2) is 0 Å². The number of carbonyl (C=O) groups is 2. The third-order valence-electron chi connectivity index (χ3n) is 3.18. The number of nitrogens with one attached hydrogen (secondary N) is 1. The Morgan fingerprint density at radius 3 is 2.72 bits per heavy atom. The molecule has 0 spiro atoms. The molecule has 1 heterocycles. The van der Waals surface area contributed by atoms with Gasteiger partial charge in [0.15, 0.2) is 0 Å². The summed E-state index contributed by atoms with van der Waals surface area (Å²) < 4.78 is 10.5. The van der Waals surface area contributed by atoms with Crippen molar-refractivity contribution in [3.8, 4) is 0 Å². The molecule has 0 aromatic heterocycles. The largest absolute Gasteiger partial charge is 0.446 e. The minimum atomic E-state index is -0.393. The highest BCUT2D eigenvalue weighted by Crippen LogP contribution is 2.12. The Kier molecular flexibility index (Phi) is 6.72. The molecular weight excluding hydrogens is 234 g/mol. The van der Waals surface area contributed by atoms with Crippen molar-refractivity contribution in [1.82, 2.24) is 5.32 Å². The minimum Gasteiger partial charge on any atom is -0.446 e. The molecule has 0 aromatic carbocycles. The van der Waals surface area contributed by atoms with Crippen LogP contribution in [0.4, 0.5) is 4.79 Å². The van der Waals surface area contributed by atoms with Crippen molar-refractivity contribution < 1.29 is 19.1 Å². The van der Waals surface area contributed by atoms with Gasteiger partial charge in [0.1, 0.15) is 12.4 Å². The molecule has 5 nitrogen and oxygen atoms in total. The molecule has 0 radical (unpaired) electrons. The van der Waals surface area contributed by atoms with Crippen molar-refractivity contribution >= 4 is 12.4 Å². The fourth-order valence-electron chi connectivity index (χ4n) is 2.01. The molecule has 1 fully saturated rings. The normalized spacial score (nSPS) is 19.9. The summed E-state index contributed by atoms with van der Waals surface area (Å²) in [5, 5.41) is 2.77. The number of carbonyl (C=O) groups excluding carboxylic acids is 2. The molecule has 1 amide bonds. The van der Waals surface area contributed by atoms with Gasteiger partial charge in [0.25, 0.3) is 0 Å². The molecular formula is C13H23NO4. The molecule has 0 aromatic rings. The molecule has 1 aliphatic heterocycles. The van der Waals surface area contributed by atoms with Crippen molar-refractivity contribution in [1.29, 1.82) is 0 Å². The van der Waals surface area contributed by atoms with Gasteiger partial charge in [-0.2, -0.15) is 0 Å². The number of hydrogen-bond donors (Lipinski definition) is 1. The second-order valence-corrected chi connectivity index (χ2v) is 4.80. The van der Waals surface area contributed by atoms with E-state index in [1.54, 1.807) is 0 Å². The van der Waals surface area contributed by atoms with Crippen LogP contribution in [0.5, 0.6) is 0 Å². The lowest BCUT2D eigenvalue weighted by molar-refractivity contribution is -0.111. The zero-order valence-corrected chi connectivity index (χ0v) is 11.2. The Labute approximate surface area is 108 Å². The summed E-state index contributed by atoms with van der Waals surface area (Å²) in [6.45, 7) is 5.15. The number of amides is 1. The van der Waals surface area contributed by atoms with Gasteiger partial charge in [-0.25, -0.2) is 4.79 Å². The van der Waals surface area contributed by atoms with Crippen molar-refractivity contribution in [2.24, 2.45) is 5.92 Å². The molecule has 1 rings (SSSR count). The molecule has 5 heteroatoms. The lowest BCUT2D eigenvalue weighted by atomic mass is 10.00. The van der Waals surface area contributed by atoms with Gasteiger partial charge in [0.2, 0.25) is 0 Å². The summed E-state index contributed by atoms with van der Waals surface area (Å²) >= 11 is 0. The average Bonchev–Trinajstić information content (AvgIpc) is 2.36. The van der Waals surface area contributed by atoms with E-state index in [2.05, 4.69) is 5.32 Å². The van der Waals surface area contributed by atoms with E-state index >= 15 is 0 Å². The molecule has 1 N–H and O–H groups in total.